The summed E-state index contributed by atoms with van der Waals surface area (Å²) in [5.74, 6) is 1.66. The van der Waals surface area contributed by atoms with E-state index < -0.39 is 5.97 Å². The molecule has 2 rings (SSSR count). The molecular weight excluding hydrogens is 288 g/mol. The third kappa shape index (κ3) is 4.67. The Morgan fingerprint density at radius 3 is 2.67 bits per heavy atom. The number of benzene rings is 1. The maximum Gasteiger partial charge on any atom is 0.323 e. The molecule has 0 spiro atoms. The molecule has 1 unspecified atom stereocenters. The van der Waals surface area contributed by atoms with Crippen LogP contribution < -0.4 is 10.2 Å². The lowest BCUT2D eigenvalue weighted by molar-refractivity contribution is -0.135. The first-order valence-corrected chi connectivity index (χ1v) is 8.13. The summed E-state index contributed by atoms with van der Waals surface area (Å²) in [6.07, 6.45) is 1.11. The topological polar surface area (TPSA) is 69.6 Å². The van der Waals surface area contributed by atoms with Crippen molar-refractivity contribution in [1.82, 2.24) is 5.32 Å². The van der Waals surface area contributed by atoms with Crippen molar-refractivity contribution in [2.24, 2.45) is 5.92 Å². The molecule has 114 valence electrons. The third-order valence-corrected chi connectivity index (χ3v) is 4.68. The second-order valence-electron chi connectivity index (χ2n) is 5.23. The summed E-state index contributed by atoms with van der Waals surface area (Å²) < 4.78 is 0. The van der Waals surface area contributed by atoms with E-state index in [1.165, 1.54) is 4.90 Å². The highest BCUT2D eigenvalue weighted by Gasteiger charge is 2.21. The lowest BCUT2D eigenvalue weighted by Gasteiger charge is -2.22. The number of amides is 2. The number of rotatable bonds is 5. The van der Waals surface area contributed by atoms with E-state index in [1.54, 1.807) is 12.1 Å². The van der Waals surface area contributed by atoms with E-state index >= 15 is 0 Å². The Bertz CT molecular complexity index is 498. The van der Waals surface area contributed by atoms with Crippen LogP contribution >= 0.6 is 11.8 Å². The van der Waals surface area contributed by atoms with E-state index in [4.69, 9.17) is 5.11 Å². The highest BCUT2D eigenvalue weighted by Crippen LogP contribution is 2.22. The van der Waals surface area contributed by atoms with Gasteiger partial charge in [-0.2, -0.15) is 11.8 Å². The predicted octanol–water partition coefficient (Wildman–Crippen LogP) is 2.35. The molecule has 0 radical (unpaired) electrons. The Labute approximate surface area is 128 Å². The first kappa shape index (κ1) is 15.7. The van der Waals surface area contributed by atoms with Crippen molar-refractivity contribution < 1.29 is 14.7 Å². The molecule has 1 fully saturated rings. The number of aryl methyl sites for hydroxylation is 1. The molecule has 1 heterocycles. The van der Waals surface area contributed by atoms with Crippen molar-refractivity contribution in [2.75, 3.05) is 29.5 Å². The minimum Gasteiger partial charge on any atom is -0.480 e. The Balaban J connectivity index is 2.01. The number of carboxylic acid groups (broad SMARTS) is 1. The van der Waals surface area contributed by atoms with Crippen LogP contribution in [0.4, 0.5) is 10.5 Å². The van der Waals surface area contributed by atoms with Gasteiger partial charge in [0.15, 0.2) is 0 Å². The summed E-state index contributed by atoms with van der Waals surface area (Å²) in [5, 5.41) is 11.9. The number of nitrogens with one attached hydrogen (secondary N) is 1. The zero-order chi connectivity index (χ0) is 15.2. The number of anilines is 1. The number of aliphatic carboxylic acids is 1. The van der Waals surface area contributed by atoms with Gasteiger partial charge in [0.05, 0.1) is 0 Å². The zero-order valence-electron chi connectivity index (χ0n) is 12.0. The Morgan fingerprint density at radius 2 is 2.10 bits per heavy atom. The average molecular weight is 308 g/mol. The standard InChI is InChI=1S/C15H20N2O3S/c1-11-2-4-13(5-3-11)17(9-14(18)19)15(20)16-8-12-6-7-21-10-12/h2-5,12H,6-10H2,1H3,(H,16,20)(H,18,19). The Kier molecular flexibility index (Phi) is 5.50. The lowest BCUT2D eigenvalue weighted by Crippen LogP contribution is -2.44. The van der Waals surface area contributed by atoms with Crippen LogP contribution in [-0.2, 0) is 4.79 Å². The van der Waals surface area contributed by atoms with Crippen LogP contribution in [0.15, 0.2) is 24.3 Å². The molecule has 0 aromatic heterocycles. The molecule has 1 aliphatic rings. The second-order valence-corrected chi connectivity index (χ2v) is 6.38. The van der Waals surface area contributed by atoms with Crippen LogP contribution in [0.5, 0.6) is 0 Å². The normalized spacial score (nSPS) is 17.5. The quantitative estimate of drug-likeness (QED) is 0.876. The number of hydrogen-bond donors (Lipinski definition) is 2. The van der Waals surface area contributed by atoms with Crippen LogP contribution in [0, 0.1) is 12.8 Å². The van der Waals surface area contributed by atoms with Crippen LogP contribution in [0.2, 0.25) is 0 Å². The summed E-state index contributed by atoms with van der Waals surface area (Å²) >= 11 is 1.89. The summed E-state index contributed by atoms with van der Waals surface area (Å²) in [7, 11) is 0. The maximum atomic E-state index is 12.3. The summed E-state index contributed by atoms with van der Waals surface area (Å²) in [5.41, 5.74) is 1.67. The van der Waals surface area contributed by atoms with Gasteiger partial charge in [0, 0.05) is 12.2 Å². The van der Waals surface area contributed by atoms with Crippen LogP contribution in [-0.4, -0.2) is 41.7 Å². The van der Waals surface area contributed by atoms with Crippen molar-refractivity contribution in [3.63, 3.8) is 0 Å². The van der Waals surface area contributed by atoms with Gasteiger partial charge in [-0.3, -0.25) is 9.69 Å². The van der Waals surface area contributed by atoms with E-state index in [1.807, 2.05) is 30.8 Å². The molecule has 2 amide bonds. The fourth-order valence-electron chi connectivity index (χ4n) is 2.21. The third-order valence-electron chi connectivity index (χ3n) is 3.45. The van der Waals surface area contributed by atoms with Crippen molar-refractivity contribution in [3.05, 3.63) is 29.8 Å². The fourth-order valence-corrected chi connectivity index (χ4v) is 3.50. The van der Waals surface area contributed by atoms with Gasteiger partial charge in [-0.05, 0) is 42.9 Å². The monoisotopic (exact) mass is 308 g/mol. The second kappa shape index (κ2) is 7.36. The van der Waals surface area contributed by atoms with E-state index in [9.17, 15) is 9.59 Å². The minimum atomic E-state index is -1.03. The van der Waals surface area contributed by atoms with Gasteiger partial charge in [0.2, 0.25) is 0 Å². The zero-order valence-corrected chi connectivity index (χ0v) is 12.9. The number of carbonyl (C=O) groups excluding carboxylic acids is 1. The minimum absolute atomic E-state index is 0.339. The number of carboxylic acids is 1. The molecule has 0 saturated carbocycles. The van der Waals surface area contributed by atoms with Crippen molar-refractivity contribution >= 4 is 29.4 Å². The van der Waals surface area contributed by atoms with E-state index in [-0.39, 0.29) is 12.6 Å². The molecule has 0 bridgehead atoms. The molecular formula is C15H20N2O3S. The Morgan fingerprint density at radius 1 is 1.38 bits per heavy atom. The molecule has 0 aliphatic carbocycles. The number of hydrogen-bond acceptors (Lipinski definition) is 3. The maximum absolute atomic E-state index is 12.3. The smallest absolute Gasteiger partial charge is 0.323 e. The summed E-state index contributed by atoms with van der Waals surface area (Å²) in [6, 6.07) is 6.92. The summed E-state index contributed by atoms with van der Waals surface area (Å²) in [4.78, 5) is 24.5. The van der Waals surface area contributed by atoms with Crippen molar-refractivity contribution in [1.29, 1.82) is 0 Å². The first-order valence-electron chi connectivity index (χ1n) is 6.98. The summed E-state index contributed by atoms with van der Waals surface area (Å²) in [6.45, 7) is 2.21. The van der Waals surface area contributed by atoms with Crippen LogP contribution in [0.25, 0.3) is 0 Å². The number of thioether (sulfide) groups is 1. The van der Waals surface area contributed by atoms with Crippen molar-refractivity contribution in [3.8, 4) is 0 Å². The van der Waals surface area contributed by atoms with Crippen LogP contribution in [0.3, 0.4) is 0 Å². The first-order chi connectivity index (χ1) is 10.1. The van der Waals surface area contributed by atoms with Gasteiger partial charge in [0.25, 0.3) is 0 Å². The van der Waals surface area contributed by atoms with E-state index in [0.717, 1.165) is 23.5 Å². The van der Waals surface area contributed by atoms with E-state index in [2.05, 4.69) is 5.32 Å². The molecule has 1 saturated heterocycles. The SMILES string of the molecule is Cc1ccc(N(CC(=O)O)C(=O)NCC2CCSC2)cc1. The molecule has 6 heteroatoms. The molecule has 2 N–H and O–H groups in total. The van der Waals surface area contributed by atoms with Gasteiger partial charge < -0.3 is 10.4 Å². The number of nitrogens with zero attached hydrogens (tertiary/aromatic N) is 1. The van der Waals surface area contributed by atoms with Gasteiger partial charge in [-0.25, -0.2) is 4.79 Å². The average Bonchev–Trinajstić information content (AvgIpc) is 2.96. The molecule has 1 aliphatic heterocycles. The number of carbonyl (C=O) groups is 2. The molecule has 21 heavy (non-hydrogen) atoms. The molecule has 1 aromatic rings. The molecule has 1 aromatic carbocycles. The van der Waals surface area contributed by atoms with Gasteiger partial charge in [-0.15, -0.1) is 0 Å². The molecule has 1 atom stereocenters. The largest absolute Gasteiger partial charge is 0.480 e. The van der Waals surface area contributed by atoms with Gasteiger partial charge >= 0.3 is 12.0 Å². The van der Waals surface area contributed by atoms with Gasteiger partial charge in [-0.1, -0.05) is 17.7 Å². The fraction of sp³-hybridized carbons (Fsp3) is 0.467. The van der Waals surface area contributed by atoms with Crippen molar-refractivity contribution in [2.45, 2.75) is 13.3 Å². The molecule has 5 nitrogen and oxygen atoms in total. The van der Waals surface area contributed by atoms with Gasteiger partial charge in [0.1, 0.15) is 6.54 Å². The Hall–Kier alpha value is -1.69. The predicted molar refractivity (Wildman–Crippen MR) is 85.0 cm³/mol. The highest BCUT2D eigenvalue weighted by atomic mass is 32.2. The van der Waals surface area contributed by atoms with E-state index in [0.29, 0.717) is 18.2 Å². The lowest BCUT2D eigenvalue weighted by atomic mass is 10.1. The highest BCUT2D eigenvalue weighted by molar-refractivity contribution is 7.99. The van der Waals surface area contributed by atoms with Crippen LogP contribution in [0.1, 0.15) is 12.0 Å². The number of urea groups is 1.